The van der Waals surface area contributed by atoms with Gasteiger partial charge in [-0.05, 0) is 17.0 Å². The largest absolute Gasteiger partial charge is 0.480 e. The third-order valence-electron chi connectivity index (χ3n) is 3.46. The van der Waals surface area contributed by atoms with Crippen LogP contribution in [0.25, 0.3) is 6.08 Å². The van der Waals surface area contributed by atoms with E-state index in [1.807, 2.05) is 18.2 Å². The van der Waals surface area contributed by atoms with E-state index in [0.29, 0.717) is 5.92 Å². The molecule has 0 aliphatic heterocycles. The van der Waals surface area contributed by atoms with Crippen LogP contribution in [0.4, 0.5) is 0 Å². The Hall–Kier alpha value is -2.14. The normalized spacial score (nSPS) is 12.5. The lowest BCUT2D eigenvalue weighted by molar-refractivity contribution is -0.142. The SMILES string of the molecule is COCCC(NC(=O)C/C=C/c1ccc(C(C)C)cc1)C(=O)O. The van der Waals surface area contributed by atoms with Crippen molar-refractivity contribution in [2.75, 3.05) is 13.7 Å². The Labute approximate surface area is 137 Å². The van der Waals surface area contributed by atoms with Crippen LogP contribution in [0.3, 0.4) is 0 Å². The van der Waals surface area contributed by atoms with E-state index < -0.39 is 12.0 Å². The molecule has 0 aromatic heterocycles. The van der Waals surface area contributed by atoms with Crippen molar-refractivity contribution in [3.05, 3.63) is 41.5 Å². The summed E-state index contributed by atoms with van der Waals surface area (Å²) in [7, 11) is 1.49. The molecule has 0 fully saturated rings. The predicted molar refractivity (Wildman–Crippen MR) is 90.2 cm³/mol. The predicted octanol–water partition coefficient (Wildman–Crippen LogP) is 2.82. The first kappa shape index (κ1) is 18.9. The van der Waals surface area contributed by atoms with Crippen molar-refractivity contribution in [2.45, 2.75) is 38.6 Å². The summed E-state index contributed by atoms with van der Waals surface area (Å²) < 4.78 is 4.84. The number of rotatable bonds is 9. The number of hydrogen-bond acceptors (Lipinski definition) is 3. The molecular formula is C18H25NO4. The van der Waals surface area contributed by atoms with Crippen LogP contribution in [0.2, 0.25) is 0 Å². The number of carboxylic acid groups (broad SMARTS) is 1. The summed E-state index contributed by atoms with van der Waals surface area (Å²) in [6, 6.07) is 7.22. The summed E-state index contributed by atoms with van der Waals surface area (Å²) in [4.78, 5) is 22.8. The molecule has 1 amide bonds. The summed E-state index contributed by atoms with van der Waals surface area (Å²) in [5.74, 6) is -0.883. The van der Waals surface area contributed by atoms with Gasteiger partial charge in [0.1, 0.15) is 6.04 Å². The number of carboxylic acids is 1. The number of ether oxygens (including phenoxy) is 1. The Morgan fingerprint density at radius 1 is 1.26 bits per heavy atom. The first-order valence-electron chi connectivity index (χ1n) is 7.71. The highest BCUT2D eigenvalue weighted by Crippen LogP contribution is 2.15. The third kappa shape index (κ3) is 7.10. The van der Waals surface area contributed by atoms with E-state index in [-0.39, 0.29) is 25.4 Å². The molecule has 0 aliphatic carbocycles. The lowest BCUT2D eigenvalue weighted by Gasteiger charge is -2.13. The standard InChI is InChI=1S/C18H25NO4/c1-13(2)15-9-7-14(8-10-15)5-4-6-17(20)19-16(18(21)22)11-12-23-3/h4-5,7-10,13,16H,6,11-12H2,1-3H3,(H,19,20)(H,21,22)/b5-4+. The van der Waals surface area contributed by atoms with Crippen LogP contribution in [-0.2, 0) is 14.3 Å². The molecule has 23 heavy (non-hydrogen) atoms. The molecule has 1 unspecified atom stereocenters. The molecule has 2 N–H and O–H groups in total. The van der Waals surface area contributed by atoms with Crippen LogP contribution in [0.1, 0.15) is 43.7 Å². The minimum Gasteiger partial charge on any atom is -0.480 e. The van der Waals surface area contributed by atoms with Crippen LogP contribution in [0.15, 0.2) is 30.3 Å². The fourth-order valence-corrected chi connectivity index (χ4v) is 2.04. The van der Waals surface area contributed by atoms with Gasteiger partial charge in [0.25, 0.3) is 0 Å². The molecule has 1 atom stereocenters. The van der Waals surface area contributed by atoms with Crippen molar-refractivity contribution in [3.8, 4) is 0 Å². The highest BCUT2D eigenvalue weighted by atomic mass is 16.5. The molecule has 0 spiro atoms. The lowest BCUT2D eigenvalue weighted by Crippen LogP contribution is -2.41. The fourth-order valence-electron chi connectivity index (χ4n) is 2.04. The van der Waals surface area contributed by atoms with E-state index >= 15 is 0 Å². The average molecular weight is 319 g/mol. The zero-order valence-corrected chi connectivity index (χ0v) is 13.9. The molecule has 0 heterocycles. The summed E-state index contributed by atoms with van der Waals surface area (Å²) in [6.45, 7) is 4.56. The molecule has 1 aromatic rings. The maximum atomic E-state index is 11.8. The molecule has 0 saturated heterocycles. The number of methoxy groups -OCH3 is 1. The van der Waals surface area contributed by atoms with E-state index in [2.05, 4.69) is 31.3 Å². The van der Waals surface area contributed by atoms with Gasteiger partial charge in [-0.25, -0.2) is 4.79 Å². The molecule has 0 radical (unpaired) electrons. The van der Waals surface area contributed by atoms with E-state index in [4.69, 9.17) is 9.84 Å². The van der Waals surface area contributed by atoms with Crippen molar-refractivity contribution in [3.63, 3.8) is 0 Å². The Kier molecular flexibility index (Phi) is 8.05. The zero-order chi connectivity index (χ0) is 17.2. The van der Waals surface area contributed by atoms with Crippen molar-refractivity contribution in [1.82, 2.24) is 5.32 Å². The van der Waals surface area contributed by atoms with Crippen LogP contribution in [0.5, 0.6) is 0 Å². The summed E-state index contributed by atoms with van der Waals surface area (Å²) in [5.41, 5.74) is 2.28. The second-order valence-electron chi connectivity index (χ2n) is 5.67. The van der Waals surface area contributed by atoms with E-state index in [1.54, 1.807) is 6.08 Å². The summed E-state index contributed by atoms with van der Waals surface area (Å²) in [6.07, 6.45) is 3.98. The summed E-state index contributed by atoms with van der Waals surface area (Å²) in [5, 5.41) is 11.5. The molecule has 1 rings (SSSR count). The van der Waals surface area contributed by atoms with Gasteiger partial charge in [0.05, 0.1) is 0 Å². The average Bonchev–Trinajstić information content (AvgIpc) is 2.51. The minimum atomic E-state index is -1.05. The van der Waals surface area contributed by atoms with Crippen LogP contribution >= 0.6 is 0 Å². The van der Waals surface area contributed by atoms with Gasteiger partial charge in [0.15, 0.2) is 0 Å². The Morgan fingerprint density at radius 3 is 2.43 bits per heavy atom. The molecule has 5 heteroatoms. The van der Waals surface area contributed by atoms with E-state index in [0.717, 1.165) is 5.56 Å². The first-order chi connectivity index (χ1) is 10.9. The molecular weight excluding hydrogens is 294 g/mol. The third-order valence-corrected chi connectivity index (χ3v) is 3.46. The van der Waals surface area contributed by atoms with E-state index in [1.165, 1.54) is 12.7 Å². The number of benzene rings is 1. The Balaban J connectivity index is 2.49. The molecule has 0 aliphatic rings. The molecule has 0 saturated carbocycles. The second kappa shape index (κ2) is 9.79. The maximum absolute atomic E-state index is 11.8. The fraction of sp³-hybridized carbons (Fsp3) is 0.444. The van der Waals surface area contributed by atoms with Crippen molar-refractivity contribution in [1.29, 1.82) is 0 Å². The van der Waals surface area contributed by atoms with Gasteiger partial charge >= 0.3 is 5.97 Å². The van der Waals surface area contributed by atoms with Gasteiger partial charge in [0.2, 0.25) is 5.91 Å². The molecule has 5 nitrogen and oxygen atoms in total. The Bertz CT molecular complexity index is 534. The molecule has 1 aromatic carbocycles. The van der Waals surface area contributed by atoms with Crippen molar-refractivity contribution >= 4 is 18.0 Å². The van der Waals surface area contributed by atoms with E-state index in [9.17, 15) is 9.59 Å². The second-order valence-corrected chi connectivity index (χ2v) is 5.67. The minimum absolute atomic E-state index is 0.142. The van der Waals surface area contributed by atoms with Crippen LogP contribution in [0, 0.1) is 0 Å². The number of carbonyl (C=O) groups excluding carboxylic acids is 1. The maximum Gasteiger partial charge on any atom is 0.326 e. The van der Waals surface area contributed by atoms with Gasteiger partial charge in [-0.3, -0.25) is 4.79 Å². The van der Waals surface area contributed by atoms with Gasteiger partial charge in [-0.15, -0.1) is 0 Å². The number of amides is 1. The van der Waals surface area contributed by atoms with Gasteiger partial charge in [-0.1, -0.05) is 50.3 Å². The van der Waals surface area contributed by atoms with Gasteiger partial charge in [-0.2, -0.15) is 0 Å². The lowest BCUT2D eigenvalue weighted by atomic mass is 10.0. The highest BCUT2D eigenvalue weighted by molar-refractivity contribution is 5.84. The smallest absolute Gasteiger partial charge is 0.326 e. The van der Waals surface area contributed by atoms with Gasteiger partial charge in [0, 0.05) is 26.6 Å². The van der Waals surface area contributed by atoms with Gasteiger partial charge < -0.3 is 15.2 Å². The highest BCUT2D eigenvalue weighted by Gasteiger charge is 2.18. The van der Waals surface area contributed by atoms with Crippen molar-refractivity contribution in [2.24, 2.45) is 0 Å². The monoisotopic (exact) mass is 319 g/mol. The quantitative estimate of drug-likeness (QED) is 0.734. The number of aliphatic carboxylic acids is 1. The Morgan fingerprint density at radius 2 is 1.91 bits per heavy atom. The number of carbonyl (C=O) groups is 2. The topological polar surface area (TPSA) is 75.6 Å². The van der Waals surface area contributed by atoms with Crippen molar-refractivity contribution < 1.29 is 19.4 Å². The molecule has 0 bridgehead atoms. The molecule has 126 valence electrons. The first-order valence-corrected chi connectivity index (χ1v) is 7.71. The van der Waals surface area contributed by atoms with Crippen LogP contribution < -0.4 is 5.32 Å². The number of hydrogen-bond donors (Lipinski definition) is 2. The number of nitrogens with one attached hydrogen (secondary N) is 1. The van der Waals surface area contributed by atoms with Crippen LogP contribution in [-0.4, -0.2) is 36.7 Å². The zero-order valence-electron chi connectivity index (χ0n) is 13.9. The summed E-state index contributed by atoms with van der Waals surface area (Å²) >= 11 is 0.